The fourth-order valence-corrected chi connectivity index (χ4v) is 3.63. The van der Waals surface area contributed by atoms with E-state index in [4.69, 9.17) is 16.3 Å². The molecule has 0 aromatic heterocycles. The molecule has 0 bridgehead atoms. The number of benzene rings is 2. The minimum absolute atomic E-state index is 0.163. The molecule has 136 valence electrons. The summed E-state index contributed by atoms with van der Waals surface area (Å²) in [6, 6.07) is 13.5. The number of methoxy groups -OCH3 is 1. The first-order valence-electron chi connectivity index (χ1n) is 8.41. The van der Waals surface area contributed by atoms with Gasteiger partial charge in [-0.25, -0.2) is 0 Å². The van der Waals surface area contributed by atoms with E-state index in [9.17, 15) is 14.7 Å². The number of carbonyl (C=O) groups is 2. The molecule has 1 N–H and O–H groups in total. The lowest BCUT2D eigenvalue weighted by molar-refractivity contribution is -0.140. The van der Waals surface area contributed by atoms with Crippen molar-refractivity contribution in [2.75, 3.05) is 19.5 Å². The SMILES string of the molecule is COc1ccc([C@@H]2[C@@H](C(=O)O)c3ccccc3C(=O)N2CCCCl)cc1. The number of nitrogens with zero attached hydrogens (tertiary/aromatic N) is 1. The first kappa shape index (κ1) is 18.3. The molecule has 0 saturated heterocycles. The van der Waals surface area contributed by atoms with Crippen molar-refractivity contribution in [2.24, 2.45) is 0 Å². The van der Waals surface area contributed by atoms with E-state index in [0.29, 0.717) is 35.7 Å². The maximum atomic E-state index is 13.1. The average molecular weight is 374 g/mol. The van der Waals surface area contributed by atoms with Crippen molar-refractivity contribution in [3.63, 3.8) is 0 Å². The normalized spacial score (nSPS) is 19.2. The van der Waals surface area contributed by atoms with Gasteiger partial charge in [-0.3, -0.25) is 9.59 Å². The minimum atomic E-state index is -0.957. The van der Waals surface area contributed by atoms with Gasteiger partial charge in [0.2, 0.25) is 0 Å². The van der Waals surface area contributed by atoms with Gasteiger partial charge in [0, 0.05) is 18.0 Å². The first-order chi connectivity index (χ1) is 12.6. The van der Waals surface area contributed by atoms with Crippen LogP contribution in [0.1, 0.15) is 39.9 Å². The lowest BCUT2D eigenvalue weighted by atomic mass is 9.79. The summed E-state index contributed by atoms with van der Waals surface area (Å²) >= 11 is 5.83. The van der Waals surface area contributed by atoms with Gasteiger partial charge in [0.1, 0.15) is 11.7 Å². The van der Waals surface area contributed by atoms with Crippen molar-refractivity contribution < 1.29 is 19.4 Å². The highest BCUT2D eigenvalue weighted by atomic mass is 35.5. The number of amides is 1. The minimum Gasteiger partial charge on any atom is -0.497 e. The van der Waals surface area contributed by atoms with Gasteiger partial charge in [0.15, 0.2) is 0 Å². The van der Waals surface area contributed by atoms with Crippen molar-refractivity contribution in [2.45, 2.75) is 18.4 Å². The Labute approximate surface area is 157 Å². The Morgan fingerprint density at radius 3 is 2.50 bits per heavy atom. The number of carbonyl (C=O) groups excluding carboxylic acids is 1. The number of ether oxygens (including phenoxy) is 1. The van der Waals surface area contributed by atoms with E-state index in [0.717, 1.165) is 5.56 Å². The van der Waals surface area contributed by atoms with Crippen molar-refractivity contribution in [3.8, 4) is 5.75 Å². The summed E-state index contributed by atoms with van der Waals surface area (Å²) in [5.41, 5.74) is 1.75. The van der Waals surface area contributed by atoms with Gasteiger partial charge < -0.3 is 14.7 Å². The Morgan fingerprint density at radius 2 is 1.88 bits per heavy atom. The van der Waals surface area contributed by atoms with Crippen LogP contribution < -0.4 is 4.74 Å². The van der Waals surface area contributed by atoms with Crippen LogP contribution in [0.2, 0.25) is 0 Å². The van der Waals surface area contributed by atoms with Gasteiger partial charge in [-0.1, -0.05) is 30.3 Å². The number of rotatable bonds is 6. The van der Waals surface area contributed by atoms with E-state index >= 15 is 0 Å². The average Bonchev–Trinajstić information content (AvgIpc) is 2.67. The van der Waals surface area contributed by atoms with Crippen LogP contribution in [-0.2, 0) is 4.79 Å². The second-order valence-corrected chi connectivity index (χ2v) is 6.54. The Hall–Kier alpha value is -2.53. The van der Waals surface area contributed by atoms with Gasteiger partial charge in [-0.05, 0) is 35.7 Å². The number of carboxylic acid groups (broad SMARTS) is 1. The molecule has 6 heteroatoms. The van der Waals surface area contributed by atoms with Crippen LogP contribution in [0.15, 0.2) is 48.5 Å². The maximum Gasteiger partial charge on any atom is 0.313 e. The molecule has 1 aliphatic rings. The molecule has 1 aliphatic heterocycles. The van der Waals surface area contributed by atoms with E-state index in [2.05, 4.69) is 0 Å². The van der Waals surface area contributed by atoms with Crippen LogP contribution in [0.5, 0.6) is 5.75 Å². The predicted octanol–water partition coefficient (Wildman–Crippen LogP) is 3.69. The lowest BCUT2D eigenvalue weighted by Gasteiger charge is -2.41. The van der Waals surface area contributed by atoms with Crippen LogP contribution in [0, 0.1) is 0 Å². The highest BCUT2D eigenvalue weighted by Gasteiger charge is 2.43. The maximum absolute atomic E-state index is 13.1. The molecule has 26 heavy (non-hydrogen) atoms. The molecule has 5 nitrogen and oxygen atoms in total. The van der Waals surface area contributed by atoms with E-state index in [1.54, 1.807) is 48.4 Å². The number of halogens is 1. The molecule has 1 heterocycles. The second kappa shape index (κ2) is 7.79. The third-order valence-electron chi connectivity index (χ3n) is 4.69. The van der Waals surface area contributed by atoms with E-state index in [1.807, 2.05) is 12.1 Å². The van der Waals surface area contributed by atoms with Gasteiger partial charge in [0.05, 0.1) is 13.2 Å². The zero-order valence-corrected chi connectivity index (χ0v) is 15.1. The summed E-state index contributed by atoms with van der Waals surface area (Å²) in [7, 11) is 1.57. The van der Waals surface area contributed by atoms with Crippen molar-refractivity contribution in [1.29, 1.82) is 0 Å². The molecule has 0 spiro atoms. The molecule has 2 aromatic carbocycles. The number of hydrogen-bond donors (Lipinski definition) is 1. The standard InChI is InChI=1S/C20H20ClNO4/c1-26-14-9-7-13(8-10-14)18-17(20(24)25)15-5-2-3-6-16(15)19(23)22(18)12-4-11-21/h2-3,5-10,17-18H,4,11-12H2,1H3,(H,24,25)/t17-,18+/m0/s1. The van der Waals surface area contributed by atoms with E-state index in [-0.39, 0.29) is 5.91 Å². The summed E-state index contributed by atoms with van der Waals surface area (Å²) in [6.45, 7) is 0.400. The molecule has 0 aliphatic carbocycles. The topological polar surface area (TPSA) is 66.8 Å². The van der Waals surface area contributed by atoms with E-state index in [1.165, 1.54) is 0 Å². The molecule has 3 rings (SSSR count). The smallest absolute Gasteiger partial charge is 0.313 e. The van der Waals surface area contributed by atoms with Gasteiger partial charge in [-0.2, -0.15) is 0 Å². The van der Waals surface area contributed by atoms with Crippen LogP contribution >= 0.6 is 11.6 Å². The molecule has 0 fully saturated rings. The number of aliphatic carboxylic acids is 1. The first-order valence-corrected chi connectivity index (χ1v) is 8.94. The van der Waals surface area contributed by atoms with Gasteiger partial charge in [-0.15, -0.1) is 11.6 Å². The second-order valence-electron chi connectivity index (χ2n) is 6.16. The molecule has 2 atom stereocenters. The number of alkyl halides is 1. The summed E-state index contributed by atoms with van der Waals surface area (Å²) < 4.78 is 5.19. The quantitative estimate of drug-likeness (QED) is 0.784. The fourth-order valence-electron chi connectivity index (χ4n) is 3.51. The van der Waals surface area contributed by atoms with Crippen LogP contribution in [0.4, 0.5) is 0 Å². The molecular weight excluding hydrogens is 354 g/mol. The molecule has 0 saturated carbocycles. The summed E-state index contributed by atoms with van der Waals surface area (Å²) in [4.78, 5) is 26.9. The molecule has 2 aromatic rings. The number of carboxylic acids is 1. The van der Waals surface area contributed by atoms with E-state index < -0.39 is 17.9 Å². The number of hydrogen-bond acceptors (Lipinski definition) is 3. The highest BCUT2D eigenvalue weighted by Crippen LogP contribution is 2.43. The summed E-state index contributed by atoms with van der Waals surface area (Å²) in [5.74, 6) is -0.882. The highest BCUT2D eigenvalue weighted by molar-refractivity contribution is 6.17. The van der Waals surface area contributed by atoms with Crippen molar-refractivity contribution in [3.05, 3.63) is 65.2 Å². The molecule has 0 unspecified atom stereocenters. The third-order valence-corrected chi connectivity index (χ3v) is 4.96. The Bertz CT molecular complexity index is 806. The molecular formula is C20H20ClNO4. The Balaban J connectivity index is 2.14. The Morgan fingerprint density at radius 1 is 1.19 bits per heavy atom. The fraction of sp³-hybridized carbons (Fsp3) is 0.300. The predicted molar refractivity (Wildman–Crippen MR) is 98.9 cm³/mol. The summed E-state index contributed by atoms with van der Waals surface area (Å²) in [5, 5.41) is 9.96. The lowest BCUT2D eigenvalue weighted by Crippen LogP contribution is -2.45. The molecule has 1 amide bonds. The van der Waals surface area contributed by atoms with Crippen molar-refractivity contribution >= 4 is 23.5 Å². The van der Waals surface area contributed by atoms with Crippen LogP contribution in [-0.4, -0.2) is 41.4 Å². The zero-order chi connectivity index (χ0) is 18.7. The van der Waals surface area contributed by atoms with Gasteiger partial charge in [0.25, 0.3) is 5.91 Å². The van der Waals surface area contributed by atoms with Crippen LogP contribution in [0.3, 0.4) is 0 Å². The summed E-state index contributed by atoms with van der Waals surface area (Å²) in [6.07, 6.45) is 0.592. The van der Waals surface area contributed by atoms with Crippen molar-refractivity contribution in [1.82, 2.24) is 4.90 Å². The monoisotopic (exact) mass is 373 g/mol. The zero-order valence-electron chi connectivity index (χ0n) is 14.4. The largest absolute Gasteiger partial charge is 0.497 e. The van der Waals surface area contributed by atoms with Gasteiger partial charge >= 0.3 is 5.97 Å². The Kier molecular flexibility index (Phi) is 5.47. The van der Waals surface area contributed by atoms with Crippen LogP contribution in [0.25, 0.3) is 0 Å². The number of fused-ring (bicyclic) bond motifs is 1. The molecule has 0 radical (unpaired) electrons. The third kappa shape index (κ3) is 3.27.